The van der Waals surface area contributed by atoms with Gasteiger partial charge in [-0.05, 0) is 17.7 Å². The highest BCUT2D eigenvalue weighted by molar-refractivity contribution is 5.91. The number of amides is 1. The minimum Gasteiger partial charge on any atom is -0.399 e. The van der Waals surface area contributed by atoms with Gasteiger partial charge in [0.15, 0.2) is 0 Å². The number of nitrogens with zero attached hydrogens (tertiary/aromatic N) is 3. The van der Waals surface area contributed by atoms with Crippen LogP contribution in [0.25, 0.3) is 0 Å². The maximum Gasteiger partial charge on any atom is 0.274 e. The standard InChI is InChI=1S/C13H14N4O/c1-17(9-10-2-4-11(14)5-3-10)13(18)12-8-15-6-7-16-12/h2-8H,9,14H2,1H3. The lowest BCUT2D eigenvalue weighted by Gasteiger charge is -2.16. The quantitative estimate of drug-likeness (QED) is 0.824. The first kappa shape index (κ1) is 12.0. The highest BCUT2D eigenvalue weighted by atomic mass is 16.2. The molecule has 1 aromatic carbocycles. The fraction of sp³-hybridized carbons (Fsp3) is 0.154. The highest BCUT2D eigenvalue weighted by Gasteiger charge is 2.13. The lowest BCUT2D eigenvalue weighted by atomic mass is 10.2. The van der Waals surface area contributed by atoms with E-state index in [1.54, 1.807) is 11.9 Å². The largest absolute Gasteiger partial charge is 0.399 e. The van der Waals surface area contributed by atoms with Crippen molar-refractivity contribution in [3.05, 3.63) is 54.1 Å². The average molecular weight is 242 g/mol. The van der Waals surface area contributed by atoms with E-state index in [0.717, 1.165) is 5.56 Å². The van der Waals surface area contributed by atoms with Crippen molar-refractivity contribution in [1.82, 2.24) is 14.9 Å². The van der Waals surface area contributed by atoms with Gasteiger partial charge in [0.05, 0.1) is 6.20 Å². The van der Waals surface area contributed by atoms with Crippen molar-refractivity contribution in [3.8, 4) is 0 Å². The maximum absolute atomic E-state index is 12.0. The van der Waals surface area contributed by atoms with E-state index in [1.165, 1.54) is 18.6 Å². The summed E-state index contributed by atoms with van der Waals surface area (Å²) in [5.41, 5.74) is 7.68. The van der Waals surface area contributed by atoms with E-state index in [2.05, 4.69) is 9.97 Å². The van der Waals surface area contributed by atoms with Crippen molar-refractivity contribution in [2.24, 2.45) is 0 Å². The van der Waals surface area contributed by atoms with E-state index in [4.69, 9.17) is 5.73 Å². The van der Waals surface area contributed by atoms with Crippen LogP contribution in [0, 0.1) is 0 Å². The predicted molar refractivity (Wildman–Crippen MR) is 68.7 cm³/mol. The van der Waals surface area contributed by atoms with Crippen LogP contribution >= 0.6 is 0 Å². The monoisotopic (exact) mass is 242 g/mol. The molecule has 0 spiro atoms. The first-order valence-corrected chi connectivity index (χ1v) is 5.52. The zero-order valence-corrected chi connectivity index (χ0v) is 10.1. The summed E-state index contributed by atoms with van der Waals surface area (Å²) in [7, 11) is 1.73. The van der Waals surface area contributed by atoms with Crippen LogP contribution in [-0.2, 0) is 6.54 Å². The molecule has 18 heavy (non-hydrogen) atoms. The van der Waals surface area contributed by atoms with Crippen molar-refractivity contribution < 1.29 is 4.79 Å². The van der Waals surface area contributed by atoms with Gasteiger partial charge in [-0.1, -0.05) is 12.1 Å². The minimum absolute atomic E-state index is 0.153. The Hall–Kier alpha value is -2.43. The number of anilines is 1. The number of carbonyl (C=O) groups is 1. The van der Waals surface area contributed by atoms with Gasteiger partial charge in [0.2, 0.25) is 0 Å². The van der Waals surface area contributed by atoms with E-state index < -0.39 is 0 Å². The highest BCUT2D eigenvalue weighted by Crippen LogP contribution is 2.09. The Kier molecular flexibility index (Phi) is 3.52. The van der Waals surface area contributed by atoms with Gasteiger partial charge in [0.25, 0.3) is 5.91 Å². The van der Waals surface area contributed by atoms with Crippen LogP contribution in [-0.4, -0.2) is 27.8 Å². The lowest BCUT2D eigenvalue weighted by molar-refractivity contribution is 0.0779. The third-order valence-corrected chi connectivity index (χ3v) is 2.53. The van der Waals surface area contributed by atoms with E-state index >= 15 is 0 Å². The van der Waals surface area contributed by atoms with E-state index in [0.29, 0.717) is 17.9 Å². The fourth-order valence-electron chi connectivity index (χ4n) is 1.57. The molecule has 5 heteroatoms. The molecule has 0 aliphatic rings. The number of nitrogens with two attached hydrogens (primary N) is 1. The van der Waals surface area contributed by atoms with Crippen LogP contribution in [0.2, 0.25) is 0 Å². The first-order chi connectivity index (χ1) is 8.66. The summed E-state index contributed by atoms with van der Waals surface area (Å²) >= 11 is 0. The summed E-state index contributed by atoms with van der Waals surface area (Å²) in [4.78, 5) is 21.5. The molecule has 2 N–H and O–H groups in total. The molecule has 0 aliphatic carbocycles. The van der Waals surface area contributed by atoms with Crippen molar-refractivity contribution in [3.63, 3.8) is 0 Å². The number of rotatable bonds is 3. The molecule has 0 atom stereocenters. The molecule has 0 saturated carbocycles. The fourth-order valence-corrected chi connectivity index (χ4v) is 1.57. The molecule has 0 fully saturated rings. The molecular formula is C13H14N4O. The van der Waals surface area contributed by atoms with Gasteiger partial charge < -0.3 is 10.6 Å². The van der Waals surface area contributed by atoms with Crippen molar-refractivity contribution in [2.45, 2.75) is 6.54 Å². The summed E-state index contributed by atoms with van der Waals surface area (Å²) in [6, 6.07) is 7.43. The van der Waals surface area contributed by atoms with Crippen LogP contribution in [0.1, 0.15) is 16.1 Å². The molecule has 5 nitrogen and oxygen atoms in total. The van der Waals surface area contributed by atoms with Gasteiger partial charge in [0, 0.05) is 31.7 Å². The third kappa shape index (κ3) is 2.82. The SMILES string of the molecule is CN(Cc1ccc(N)cc1)C(=O)c1cnccn1. The summed E-state index contributed by atoms with van der Waals surface area (Å²) in [5.74, 6) is -0.153. The molecule has 0 saturated heterocycles. The Morgan fingerprint density at radius 1 is 1.28 bits per heavy atom. The third-order valence-electron chi connectivity index (χ3n) is 2.53. The Bertz CT molecular complexity index is 524. The number of aromatic nitrogens is 2. The van der Waals surface area contributed by atoms with Gasteiger partial charge in [-0.2, -0.15) is 0 Å². The molecule has 0 unspecified atom stereocenters. The second kappa shape index (κ2) is 5.27. The van der Waals surface area contributed by atoms with Gasteiger partial charge in [-0.3, -0.25) is 9.78 Å². The summed E-state index contributed by atoms with van der Waals surface area (Å²) in [6.45, 7) is 0.510. The Morgan fingerprint density at radius 3 is 2.61 bits per heavy atom. The number of nitrogen functional groups attached to an aromatic ring is 1. The summed E-state index contributed by atoms with van der Waals surface area (Å²) < 4.78 is 0. The maximum atomic E-state index is 12.0. The second-order valence-electron chi connectivity index (χ2n) is 3.99. The molecule has 1 aromatic heterocycles. The van der Waals surface area contributed by atoms with Crippen molar-refractivity contribution in [2.75, 3.05) is 12.8 Å². The molecule has 2 rings (SSSR count). The van der Waals surface area contributed by atoms with E-state index in [9.17, 15) is 4.79 Å². The number of hydrogen-bond donors (Lipinski definition) is 1. The number of hydrogen-bond acceptors (Lipinski definition) is 4. The van der Waals surface area contributed by atoms with Gasteiger partial charge in [0.1, 0.15) is 5.69 Å². The molecule has 1 amide bonds. The zero-order chi connectivity index (χ0) is 13.0. The first-order valence-electron chi connectivity index (χ1n) is 5.52. The minimum atomic E-state index is -0.153. The van der Waals surface area contributed by atoms with E-state index in [-0.39, 0.29) is 5.91 Å². The predicted octanol–water partition coefficient (Wildman–Crippen LogP) is 1.33. The van der Waals surface area contributed by atoms with Crippen LogP contribution in [0.15, 0.2) is 42.9 Å². The van der Waals surface area contributed by atoms with Gasteiger partial charge >= 0.3 is 0 Å². The van der Waals surface area contributed by atoms with Crippen molar-refractivity contribution >= 4 is 11.6 Å². The summed E-state index contributed by atoms with van der Waals surface area (Å²) in [5, 5.41) is 0. The molecule has 1 heterocycles. The zero-order valence-electron chi connectivity index (χ0n) is 10.1. The molecule has 2 aromatic rings. The van der Waals surface area contributed by atoms with Crippen LogP contribution in [0.5, 0.6) is 0 Å². The van der Waals surface area contributed by atoms with E-state index in [1.807, 2.05) is 24.3 Å². The molecule has 0 radical (unpaired) electrons. The Morgan fingerprint density at radius 2 is 2.00 bits per heavy atom. The molecule has 92 valence electrons. The number of benzene rings is 1. The van der Waals surface area contributed by atoms with Crippen LogP contribution < -0.4 is 5.73 Å². The van der Waals surface area contributed by atoms with Gasteiger partial charge in [-0.15, -0.1) is 0 Å². The van der Waals surface area contributed by atoms with Crippen molar-refractivity contribution in [1.29, 1.82) is 0 Å². The van der Waals surface area contributed by atoms with Crippen LogP contribution in [0.3, 0.4) is 0 Å². The summed E-state index contributed by atoms with van der Waals surface area (Å²) in [6.07, 6.45) is 4.50. The second-order valence-corrected chi connectivity index (χ2v) is 3.99. The molecule has 0 bridgehead atoms. The normalized spacial score (nSPS) is 10.1. The Balaban J connectivity index is 2.06. The molecular weight excluding hydrogens is 228 g/mol. The lowest BCUT2D eigenvalue weighted by Crippen LogP contribution is -2.27. The molecule has 0 aliphatic heterocycles. The Labute approximate surface area is 105 Å². The number of carbonyl (C=O) groups excluding carboxylic acids is 1. The smallest absolute Gasteiger partial charge is 0.274 e. The average Bonchev–Trinajstić information content (AvgIpc) is 2.41. The van der Waals surface area contributed by atoms with Crippen LogP contribution in [0.4, 0.5) is 5.69 Å². The van der Waals surface area contributed by atoms with Gasteiger partial charge in [-0.25, -0.2) is 4.98 Å². The topological polar surface area (TPSA) is 72.1 Å².